The summed E-state index contributed by atoms with van der Waals surface area (Å²) in [6, 6.07) is 4.96. The normalized spacial score (nSPS) is 20.1. The summed E-state index contributed by atoms with van der Waals surface area (Å²) in [4.78, 5) is 0. The van der Waals surface area contributed by atoms with Gasteiger partial charge in [0.1, 0.15) is 5.75 Å². The van der Waals surface area contributed by atoms with Crippen LogP contribution in [0, 0.1) is 6.92 Å². The minimum atomic E-state index is 0.628. The Balaban J connectivity index is 2.20. The highest BCUT2D eigenvalue weighted by Crippen LogP contribution is 2.33. The van der Waals surface area contributed by atoms with E-state index in [-0.39, 0.29) is 0 Å². The number of methoxy groups -OCH3 is 1. The Morgan fingerprint density at radius 3 is 2.94 bits per heavy atom. The van der Waals surface area contributed by atoms with E-state index >= 15 is 0 Å². The largest absolute Gasteiger partial charge is 0.495 e. The SMILES string of the molecule is COc1c(C)ccc(CC2CCCN2)c1Br. The number of ether oxygens (including phenoxy) is 1. The molecule has 0 radical (unpaired) electrons. The Hall–Kier alpha value is -0.540. The monoisotopic (exact) mass is 283 g/mol. The summed E-state index contributed by atoms with van der Waals surface area (Å²) in [6.45, 7) is 3.23. The number of aryl methyl sites for hydroxylation is 1. The summed E-state index contributed by atoms with van der Waals surface area (Å²) >= 11 is 3.65. The van der Waals surface area contributed by atoms with Gasteiger partial charge in [-0.05, 0) is 59.8 Å². The minimum absolute atomic E-state index is 0.628. The van der Waals surface area contributed by atoms with Crippen LogP contribution in [-0.4, -0.2) is 19.7 Å². The molecular formula is C13H18BrNO. The van der Waals surface area contributed by atoms with Crippen LogP contribution in [0.25, 0.3) is 0 Å². The van der Waals surface area contributed by atoms with Crippen molar-refractivity contribution in [3.05, 3.63) is 27.7 Å². The lowest BCUT2D eigenvalue weighted by molar-refractivity contribution is 0.408. The van der Waals surface area contributed by atoms with Gasteiger partial charge in [0.15, 0.2) is 0 Å². The van der Waals surface area contributed by atoms with Gasteiger partial charge < -0.3 is 10.1 Å². The maximum absolute atomic E-state index is 5.41. The summed E-state index contributed by atoms with van der Waals surface area (Å²) in [5.74, 6) is 0.968. The first kappa shape index (κ1) is 11.9. The lowest BCUT2D eigenvalue weighted by atomic mass is 10.0. The topological polar surface area (TPSA) is 21.3 Å². The third-order valence-corrected chi connectivity index (χ3v) is 4.08. The summed E-state index contributed by atoms with van der Waals surface area (Å²) in [7, 11) is 1.73. The molecule has 1 unspecified atom stereocenters. The van der Waals surface area contributed by atoms with Gasteiger partial charge in [-0.25, -0.2) is 0 Å². The number of benzene rings is 1. The van der Waals surface area contributed by atoms with Crippen molar-refractivity contribution in [2.45, 2.75) is 32.2 Å². The summed E-state index contributed by atoms with van der Waals surface area (Å²) in [6.07, 6.45) is 3.66. The maximum atomic E-state index is 5.41. The molecule has 1 fully saturated rings. The Morgan fingerprint density at radius 2 is 2.31 bits per heavy atom. The van der Waals surface area contributed by atoms with Crippen LogP contribution in [0.2, 0.25) is 0 Å². The molecule has 1 saturated heterocycles. The molecule has 1 aliphatic heterocycles. The van der Waals surface area contributed by atoms with Gasteiger partial charge in [0.2, 0.25) is 0 Å². The molecule has 0 spiro atoms. The molecule has 0 aliphatic carbocycles. The molecule has 1 aromatic rings. The van der Waals surface area contributed by atoms with E-state index in [1.54, 1.807) is 7.11 Å². The molecule has 16 heavy (non-hydrogen) atoms. The molecule has 1 N–H and O–H groups in total. The molecule has 2 nitrogen and oxygen atoms in total. The zero-order chi connectivity index (χ0) is 11.5. The highest BCUT2D eigenvalue weighted by atomic mass is 79.9. The molecule has 0 bridgehead atoms. The van der Waals surface area contributed by atoms with E-state index in [9.17, 15) is 0 Å². The Morgan fingerprint density at radius 1 is 1.50 bits per heavy atom. The summed E-state index contributed by atoms with van der Waals surface area (Å²) in [5, 5.41) is 3.52. The van der Waals surface area contributed by atoms with Gasteiger partial charge in [-0.3, -0.25) is 0 Å². The quantitative estimate of drug-likeness (QED) is 0.921. The Kier molecular flexibility index (Phi) is 3.87. The fraction of sp³-hybridized carbons (Fsp3) is 0.538. The van der Waals surface area contributed by atoms with Crippen molar-refractivity contribution in [1.29, 1.82) is 0 Å². The average Bonchev–Trinajstić information content (AvgIpc) is 2.76. The van der Waals surface area contributed by atoms with Crippen molar-refractivity contribution < 1.29 is 4.74 Å². The molecule has 0 amide bonds. The zero-order valence-corrected chi connectivity index (χ0v) is 11.4. The molecule has 1 aromatic carbocycles. The van der Waals surface area contributed by atoms with E-state index in [4.69, 9.17) is 4.74 Å². The molecule has 0 aromatic heterocycles. The van der Waals surface area contributed by atoms with Crippen molar-refractivity contribution in [2.75, 3.05) is 13.7 Å². The van der Waals surface area contributed by atoms with Crippen LogP contribution in [0.1, 0.15) is 24.0 Å². The molecule has 1 atom stereocenters. The van der Waals surface area contributed by atoms with Crippen molar-refractivity contribution in [2.24, 2.45) is 0 Å². The van der Waals surface area contributed by atoms with Crippen molar-refractivity contribution >= 4 is 15.9 Å². The smallest absolute Gasteiger partial charge is 0.136 e. The first-order valence-corrected chi connectivity index (χ1v) is 6.57. The summed E-state index contributed by atoms with van der Waals surface area (Å²) in [5.41, 5.74) is 2.51. The molecule has 1 heterocycles. The van der Waals surface area contributed by atoms with Crippen LogP contribution in [0.5, 0.6) is 5.75 Å². The molecule has 2 rings (SSSR count). The van der Waals surface area contributed by atoms with Gasteiger partial charge in [-0.2, -0.15) is 0 Å². The lowest BCUT2D eigenvalue weighted by Gasteiger charge is -2.15. The minimum Gasteiger partial charge on any atom is -0.495 e. The average molecular weight is 284 g/mol. The zero-order valence-electron chi connectivity index (χ0n) is 9.85. The van der Waals surface area contributed by atoms with Gasteiger partial charge in [0.25, 0.3) is 0 Å². The van der Waals surface area contributed by atoms with Gasteiger partial charge in [0, 0.05) is 6.04 Å². The van der Waals surface area contributed by atoms with E-state index in [2.05, 4.69) is 40.3 Å². The first-order valence-electron chi connectivity index (χ1n) is 5.77. The Bertz CT molecular complexity index is 372. The second-order valence-electron chi connectivity index (χ2n) is 4.39. The third kappa shape index (κ3) is 2.41. The van der Waals surface area contributed by atoms with Crippen LogP contribution in [0.15, 0.2) is 16.6 Å². The van der Waals surface area contributed by atoms with E-state index in [0.717, 1.165) is 23.2 Å². The summed E-state index contributed by atoms with van der Waals surface area (Å²) < 4.78 is 6.53. The Labute approximate surface area is 106 Å². The van der Waals surface area contributed by atoms with Gasteiger partial charge in [-0.1, -0.05) is 12.1 Å². The lowest BCUT2D eigenvalue weighted by Crippen LogP contribution is -2.23. The highest BCUT2D eigenvalue weighted by Gasteiger charge is 2.17. The van der Waals surface area contributed by atoms with Gasteiger partial charge in [0.05, 0.1) is 11.6 Å². The van der Waals surface area contributed by atoms with Gasteiger partial charge >= 0.3 is 0 Å². The van der Waals surface area contributed by atoms with E-state index < -0.39 is 0 Å². The number of hydrogen-bond acceptors (Lipinski definition) is 2. The molecule has 0 saturated carbocycles. The molecule has 88 valence electrons. The number of halogens is 1. The van der Waals surface area contributed by atoms with E-state index in [1.165, 1.54) is 24.0 Å². The van der Waals surface area contributed by atoms with Gasteiger partial charge in [-0.15, -0.1) is 0 Å². The predicted molar refractivity (Wildman–Crippen MR) is 70.2 cm³/mol. The maximum Gasteiger partial charge on any atom is 0.136 e. The highest BCUT2D eigenvalue weighted by molar-refractivity contribution is 9.10. The second-order valence-corrected chi connectivity index (χ2v) is 5.18. The molecular weight excluding hydrogens is 266 g/mol. The predicted octanol–water partition coefficient (Wildman–Crippen LogP) is 3.06. The van der Waals surface area contributed by atoms with E-state index in [0.29, 0.717) is 6.04 Å². The standard InChI is InChI=1S/C13H18BrNO/c1-9-5-6-10(12(14)13(9)16-2)8-11-4-3-7-15-11/h5-6,11,15H,3-4,7-8H2,1-2H3. The van der Waals surface area contributed by atoms with Crippen molar-refractivity contribution in [3.63, 3.8) is 0 Å². The molecule has 1 aliphatic rings. The second kappa shape index (κ2) is 5.19. The fourth-order valence-corrected chi connectivity index (χ4v) is 3.07. The fourth-order valence-electron chi connectivity index (χ4n) is 2.30. The van der Waals surface area contributed by atoms with Crippen LogP contribution < -0.4 is 10.1 Å². The first-order chi connectivity index (χ1) is 7.72. The van der Waals surface area contributed by atoms with E-state index in [1.807, 2.05) is 0 Å². The third-order valence-electron chi connectivity index (χ3n) is 3.21. The van der Waals surface area contributed by atoms with Crippen LogP contribution in [0.4, 0.5) is 0 Å². The van der Waals surface area contributed by atoms with Crippen LogP contribution >= 0.6 is 15.9 Å². The van der Waals surface area contributed by atoms with Crippen molar-refractivity contribution in [1.82, 2.24) is 5.32 Å². The van der Waals surface area contributed by atoms with Crippen LogP contribution in [0.3, 0.4) is 0 Å². The van der Waals surface area contributed by atoms with Crippen molar-refractivity contribution in [3.8, 4) is 5.75 Å². The number of nitrogens with one attached hydrogen (secondary N) is 1. The number of rotatable bonds is 3. The van der Waals surface area contributed by atoms with Crippen LogP contribution in [-0.2, 0) is 6.42 Å². The number of hydrogen-bond donors (Lipinski definition) is 1. The molecule has 3 heteroatoms.